The van der Waals surface area contributed by atoms with Gasteiger partial charge in [0.25, 0.3) is 0 Å². The van der Waals surface area contributed by atoms with Gasteiger partial charge in [0.2, 0.25) is 0 Å². The van der Waals surface area contributed by atoms with Crippen LogP contribution in [0.25, 0.3) is 0 Å². The van der Waals surface area contributed by atoms with Crippen LogP contribution in [0.4, 0.5) is 10.6 Å². The minimum absolute atomic E-state index is 0.123. The molecule has 5 heteroatoms. The zero-order valence-corrected chi connectivity index (χ0v) is 15.3. The van der Waals surface area contributed by atoms with Gasteiger partial charge >= 0.3 is 6.03 Å². The van der Waals surface area contributed by atoms with Crippen LogP contribution in [0.1, 0.15) is 43.0 Å². The van der Waals surface area contributed by atoms with Crippen LogP contribution in [0.15, 0.2) is 30.5 Å². The maximum atomic E-state index is 12.8. The molecule has 0 saturated carbocycles. The number of nitriles is 1. The third-order valence-electron chi connectivity index (χ3n) is 4.70. The molecule has 0 atom stereocenters. The smallest absolute Gasteiger partial charge is 0.323 e. The maximum Gasteiger partial charge on any atom is 0.323 e. The lowest BCUT2D eigenvalue weighted by molar-refractivity contribution is 0.206. The summed E-state index contributed by atoms with van der Waals surface area (Å²) in [6, 6.07) is 10.1. The molecule has 130 valence electrons. The minimum Gasteiger partial charge on any atom is -0.328 e. The molecule has 2 aromatic rings. The van der Waals surface area contributed by atoms with Crippen molar-refractivity contribution in [1.82, 2.24) is 9.47 Å². The van der Waals surface area contributed by atoms with E-state index in [0.29, 0.717) is 24.5 Å². The Bertz CT molecular complexity index is 852. The van der Waals surface area contributed by atoms with Crippen LogP contribution in [0, 0.1) is 18.3 Å². The van der Waals surface area contributed by atoms with Gasteiger partial charge in [-0.2, -0.15) is 5.26 Å². The van der Waals surface area contributed by atoms with Gasteiger partial charge in [-0.3, -0.25) is 5.32 Å². The molecule has 2 amide bonds. The number of nitrogens with zero attached hydrogens (tertiary/aromatic N) is 3. The number of anilines is 1. The minimum atomic E-state index is -0.219. The van der Waals surface area contributed by atoms with E-state index in [1.54, 1.807) is 12.3 Å². The summed E-state index contributed by atoms with van der Waals surface area (Å²) in [7, 11) is 0. The van der Waals surface area contributed by atoms with Crippen molar-refractivity contribution in [3.05, 3.63) is 52.7 Å². The van der Waals surface area contributed by atoms with Crippen molar-refractivity contribution >= 4 is 11.8 Å². The molecule has 0 bridgehead atoms. The van der Waals surface area contributed by atoms with Gasteiger partial charge in [0.05, 0.1) is 5.56 Å². The van der Waals surface area contributed by atoms with Crippen molar-refractivity contribution in [2.24, 2.45) is 0 Å². The van der Waals surface area contributed by atoms with E-state index in [1.165, 1.54) is 16.7 Å². The van der Waals surface area contributed by atoms with E-state index >= 15 is 0 Å². The summed E-state index contributed by atoms with van der Waals surface area (Å²) in [5.41, 5.74) is 4.12. The molecule has 1 aromatic heterocycles. The number of urea groups is 1. The fourth-order valence-electron chi connectivity index (χ4n) is 3.29. The number of fused-ring (bicyclic) bond motifs is 1. The zero-order chi connectivity index (χ0) is 18.2. The Morgan fingerprint density at radius 3 is 2.76 bits per heavy atom. The predicted molar refractivity (Wildman–Crippen MR) is 98.5 cm³/mol. The molecule has 0 radical (unpaired) electrons. The first-order valence-electron chi connectivity index (χ1n) is 8.56. The summed E-state index contributed by atoms with van der Waals surface area (Å²) in [6.45, 7) is 9.54. The van der Waals surface area contributed by atoms with E-state index in [0.717, 1.165) is 6.42 Å². The Labute approximate surface area is 148 Å². The quantitative estimate of drug-likeness (QED) is 0.855. The molecule has 0 unspecified atom stereocenters. The zero-order valence-electron chi connectivity index (χ0n) is 15.3. The molecule has 0 spiro atoms. The number of rotatable bonds is 1. The molecule has 1 aliphatic rings. The molecule has 0 aliphatic carbocycles. The highest BCUT2D eigenvalue weighted by atomic mass is 16.2. The highest BCUT2D eigenvalue weighted by molar-refractivity contribution is 5.89. The van der Waals surface area contributed by atoms with E-state index in [2.05, 4.69) is 36.5 Å². The monoisotopic (exact) mass is 336 g/mol. The number of amides is 2. The summed E-state index contributed by atoms with van der Waals surface area (Å²) >= 11 is 0. The molecular formula is C20H24N4O. The highest BCUT2D eigenvalue weighted by Gasteiger charge is 2.24. The number of carbonyl (C=O) groups excluding carboxylic acids is 1. The Kier molecular flexibility index (Phi) is 4.30. The van der Waals surface area contributed by atoms with Gasteiger partial charge in [-0.1, -0.05) is 18.2 Å². The van der Waals surface area contributed by atoms with Crippen LogP contribution in [0.3, 0.4) is 0 Å². The van der Waals surface area contributed by atoms with Gasteiger partial charge in [0.15, 0.2) is 0 Å². The normalized spacial score (nSPS) is 14.0. The molecule has 2 heterocycles. The molecule has 3 rings (SSSR count). The maximum absolute atomic E-state index is 12.8. The van der Waals surface area contributed by atoms with E-state index in [-0.39, 0.29) is 11.6 Å². The highest BCUT2D eigenvalue weighted by Crippen LogP contribution is 2.26. The summed E-state index contributed by atoms with van der Waals surface area (Å²) < 4.78 is 1.94. The molecule has 5 nitrogen and oxygen atoms in total. The van der Waals surface area contributed by atoms with Crippen LogP contribution >= 0.6 is 0 Å². The van der Waals surface area contributed by atoms with Crippen molar-refractivity contribution in [3.8, 4) is 6.07 Å². The lowest BCUT2D eigenvalue weighted by atomic mass is 9.96. The second-order valence-electron chi connectivity index (χ2n) is 7.58. The summed E-state index contributed by atoms with van der Waals surface area (Å²) in [5.74, 6) is 0.657. The fraction of sp³-hybridized carbons (Fsp3) is 0.400. The van der Waals surface area contributed by atoms with Crippen LogP contribution in [0.2, 0.25) is 0 Å². The van der Waals surface area contributed by atoms with Crippen LogP contribution in [-0.4, -0.2) is 22.0 Å². The molecule has 0 saturated heterocycles. The Balaban J connectivity index is 1.81. The molecule has 1 N–H and O–H groups in total. The third kappa shape index (κ3) is 3.39. The Hall–Kier alpha value is -2.74. The van der Waals surface area contributed by atoms with Crippen molar-refractivity contribution in [2.75, 3.05) is 11.9 Å². The summed E-state index contributed by atoms with van der Waals surface area (Å²) in [4.78, 5) is 14.6. The average molecular weight is 336 g/mol. The molecule has 0 fully saturated rings. The van der Waals surface area contributed by atoms with E-state index < -0.39 is 0 Å². The van der Waals surface area contributed by atoms with Crippen LogP contribution in [-0.2, 0) is 18.5 Å². The van der Waals surface area contributed by atoms with E-state index in [1.807, 2.05) is 30.2 Å². The molecule has 1 aliphatic heterocycles. The summed E-state index contributed by atoms with van der Waals surface area (Å²) in [5, 5.41) is 12.2. The first-order chi connectivity index (χ1) is 11.8. The number of aromatic nitrogens is 1. The Morgan fingerprint density at radius 2 is 2.08 bits per heavy atom. The molecule has 25 heavy (non-hydrogen) atoms. The van der Waals surface area contributed by atoms with Gasteiger partial charge in [0.1, 0.15) is 11.9 Å². The van der Waals surface area contributed by atoms with Gasteiger partial charge in [0, 0.05) is 24.8 Å². The number of carbonyl (C=O) groups is 1. The van der Waals surface area contributed by atoms with Crippen LogP contribution < -0.4 is 5.32 Å². The van der Waals surface area contributed by atoms with E-state index in [4.69, 9.17) is 0 Å². The number of aryl methyl sites for hydroxylation is 1. The first kappa shape index (κ1) is 17.1. The summed E-state index contributed by atoms with van der Waals surface area (Å²) in [6.07, 6.45) is 2.65. The Morgan fingerprint density at radius 1 is 1.32 bits per heavy atom. The SMILES string of the molecule is Cc1cccc2c1CN(C(=O)Nc1cc(C#N)cn1C(C)(C)C)CC2. The van der Waals surface area contributed by atoms with E-state index in [9.17, 15) is 10.1 Å². The lowest BCUT2D eigenvalue weighted by Crippen LogP contribution is -2.40. The lowest BCUT2D eigenvalue weighted by Gasteiger charge is -2.31. The average Bonchev–Trinajstić information content (AvgIpc) is 2.98. The van der Waals surface area contributed by atoms with Gasteiger partial charge in [-0.25, -0.2) is 4.79 Å². The number of nitrogens with one attached hydrogen (secondary N) is 1. The van der Waals surface area contributed by atoms with Crippen molar-refractivity contribution < 1.29 is 4.79 Å². The van der Waals surface area contributed by atoms with Crippen LogP contribution in [0.5, 0.6) is 0 Å². The standard InChI is InChI=1S/C20H24N4O/c1-14-6-5-7-16-8-9-23(13-17(14)16)19(25)22-18-10-15(11-21)12-24(18)20(2,3)4/h5-7,10,12H,8-9,13H2,1-4H3,(H,22,25). The van der Waals surface area contributed by atoms with Gasteiger partial charge in [-0.05, 0) is 56.9 Å². The van der Waals surface area contributed by atoms with Crippen molar-refractivity contribution in [3.63, 3.8) is 0 Å². The molecular weight excluding hydrogens is 312 g/mol. The molecule has 1 aromatic carbocycles. The second kappa shape index (κ2) is 6.29. The predicted octanol–water partition coefficient (Wildman–Crippen LogP) is 4.01. The number of hydrogen-bond donors (Lipinski definition) is 1. The largest absolute Gasteiger partial charge is 0.328 e. The number of benzene rings is 1. The van der Waals surface area contributed by atoms with Gasteiger partial charge in [-0.15, -0.1) is 0 Å². The topological polar surface area (TPSA) is 61.1 Å². The van der Waals surface area contributed by atoms with Gasteiger partial charge < -0.3 is 9.47 Å². The number of hydrogen-bond acceptors (Lipinski definition) is 2. The van der Waals surface area contributed by atoms with Crippen molar-refractivity contribution in [1.29, 1.82) is 5.26 Å². The first-order valence-corrected chi connectivity index (χ1v) is 8.56. The fourth-order valence-corrected chi connectivity index (χ4v) is 3.29. The second-order valence-corrected chi connectivity index (χ2v) is 7.58. The third-order valence-corrected chi connectivity index (χ3v) is 4.70. The van der Waals surface area contributed by atoms with Crippen molar-refractivity contribution in [2.45, 2.75) is 46.2 Å².